The zero-order valence-corrected chi connectivity index (χ0v) is 29.4. The molecule has 8 aromatic carbocycles. The van der Waals surface area contributed by atoms with Crippen LogP contribution in [-0.2, 0) is 15.0 Å². The molecule has 0 saturated heterocycles. The van der Waals surface area contributed by atoms with Crippen molar-refractivity contribution in [2.75, 3.05) is 0 Å². The molecule has 0 radical (unpaired) electrons. The Morgan fingerprint density at radius 2 is 0.774 bits per heavy atom. The second-order valence-electron chi connectivity index (χ2n) is 14.0. The van der Waals surface area contributed by atoms with Crippen molar-refractivity contribution in [2.24, 2.45) is 0 Å². The molecular weight excluding hydrogens is 653 g/mol. The van der Waals surface area contributed by atoms with Crippen molar-refractivity contribution in [1.29, 1.82) is 0 Å². The van der Waals surface area contributed by atoms with E-state index in [2.05, 4.69) is 122 Å². The van der Waals surface area contributed by atoms with Crippen molar-refractivity contribution in [3.63, 3.8) is 0 Å². The highest BCUT2D eigenvalue weighted by molar-refractivity contribution is 6.01. The predicted octanol–water partition coefficient (Wildman–Crippen LogP) is 11.6. The standard InChI is InChI=1S/C49H34O4/c1-29(2)47(50)52-41-19-15-35-21-39(17-13-37(35)23-41)49(40-18-14-38-24-42(20-16-36(38)22-40)53-48(51)30(3)4)45-27-33-11-7-5-9-31(33)25-43(45)44-26-32-10-6-8-12-34(32)28-46(44)49/h5-28H,1,3H2,2,4H3. The van der Waals surface area contributed by atoms with Gasteiger partial charge in [0.15, 0.2) is 0 Å². The van der Waals surface area contributed by atoms with Crippen LogP contribution in [-0.4, -0.2) is 11.9 Å². The largest absolute Gasteiger partial charge is 0.423 e. The van der Waals surface area contributed by atoms with Gasteiger partial charge >= 0.3 is 11.9 Å². The van der Waals surface area contributed by atoms with E-state index >= 15 is 0 Å². The van der Waals surface area contributed by atoms with Crippen molar-refractivity contribution >= 4 is 55.0 Å². The van der Waals surface area contributed by atoms with Crippen molar-refractivity contribution in [3.05, 3.63) is 192 Å². The summed E-state index contributed by atoms with van der Waals surface area (Å²) in [6.07, 6.45) is 0. The molecule has 0 bridgehead atoms. The predicted molar refractivity (Wildman–Crippen MR) is 215 cm³/mol. The van der Waals surface area contributed by atoms with Crippen LogP contribution in [0, 0.1) is 0 Å². The Bertz CT molecular complexity index is 2700. The molecule has 4 heteroatoms. The molecule has 0 amide bonds. The molecule has 0 saturated carbocycles. The fourth-order valence-electron chi connectivity index (χ4n) is 7.91. The Kier molecular flexibility index (Phi) is 7.39. The summed E-state index contributed by atoms with van der Waals surface area (Å²) in [5.41, 5.74) is 7.06. The molecule has 9 rings (SSSR count). The first-order valence-corrected chi connectivity index (χ1v) is 17.6. The Labute approximate surface area is 307 Å². The zero-order chi connectivity index (χ0) is 36.4. The second-order valence-corrected chi connectivity index (χ2v) is 14.0. The van der Waals surface area contributed by atoms with Gasteiger partial charge in [-0.2, -0.15) is 0 Å². The van der Waals surface area contributed by atoms with Crippen molar-refractivity contribution in [1.82, 2.24) is 0 Å². The van der Waals surface area contributed by atoms with Gasteiger partial charge in [0.25, 0.3) is 0 Å². The maximum absolute atomic E-state index is 12.3. The van der Waals surface area contributed by atoms with Crippen LogP contribution in [0.4, 0.5) is 0 Å². The molecule has 53 heavy (non-hydrogen) atoms. The first-order valence-electron chi connectivity index (χ1n) is 17.6. The number of carbonyl (C=O) groups is 2. The molecule has 254 valence electrons. The van der Waals surface area contributed by atoms with Crippen LogP contribution in [0.5, 0.6) is 11.5 Å². The van der Waals surface area contributed by atoms with Crippen LogP contribution in [0.15, 0.2) is 170 Å². The van der Waals surface area contributed by atoms with Crippen LogP contribution in [0.25, 0.3) is 54.2 Å². The number of hydrogen-bond donors (Lipinski definition) is 0. The van der Waals surface area contributed by atoms with E-state index in [1.165, 1.54) is 43.8 Å². The Hall–Kier alpha value is -6.78. The molecule has 0 N–H and O–H groups in total. The summed E-state index contributed by atoms with van der Waals surface area (Å²) in [6.45, 7) is 10.7. The van der Waals surface area contributed by atoms with Gasteiger partial charge in [0.05, 0.1) is 5.41 Å². The van der Waals surface area contributed by atoms with Gasteiger partial charge in [0.2, 0.25) is 0 Å². The van der Waals surface area contributed by atoms with Gasteiger partial charge in [0.1, 0.15) is 11.5 Å². The van der Waals surface area contributed by atoms with Gasteiger partial charge < -0.3 is 9.47 Å². The van der Waals surface area contributed by atoms with Gasteiger partial charge in [-0.25, -0.2) is 9.59 Å². The van der Waals surface area contributed by atoms with Crippen LogP contribution >= 0.6 is 0 Å². The smallest absolute Gasteiger partial charge is 0.338 e. The number of hydrogen-bond acceptors (Lipinski definition) is 4. The van der Waals surface area contributed by atoms with Crippen molar-refractivity contribution < 1.29 is 19.1 Å². The molecule has 0 aliphatic heterocycles. The van der Waals surface area contributed by atoms with E-state index in [0.29, 0.717) is 22.6 Å². The quantitative estimate of drug-likeness (QED) is 0.0992. The summed E-state index contributed by atoms with van der Waals surface area (Å²) in [6, 6.07) is 51.2. The molecule has 4 nitrogen and oxygen atoms in total. The van der Waals surface area contributed by atoms with E-state index in [9.17, 15) is 9.59 Å². The molecule has 1 aliphatic carbocycles. The van der Waals surface area contributed by atoms with E-state index in [-0.39, 0.29) is 0 Å². The van der Waals surface area contributed by atoms with Crippen LogP contribution in [0.1, 0.15) is 36.1 Å². The summed E-state index contributed by atoms with van der Waals surface area (Å²) < 4.78 is 11.2. The third-order valence-electron chi connectivity index (χ3n) is 10.5. The summed E-state index contributed by atoms with van der Waals surface area (Å²) in [4.78, 5) is 24.7. The summed E-state index contributed by atoms with van der Waals surface area (Å²) in [7, 11) is 0. The number of carbonyl (C=O) groups excluding carboxylic acids is 2. The second kappa shape index (κ2) is 12.2. The topological polar surface area (TPSA) is 52.6 Å². The molecule has 0 unspecified atom stereocenters. The molecular formula is C49H34O4. The van der Waals surface area contributed by atoms with E-state index in [1.54, 1.807) is 13.8 Å². The molecule has 8 aromatic rings. The van der Waals surface area contributed by atoms with E-state index in [0.717, 1.165) is 32.7 Å². The summed E-state index contributed by atoms with van der Waals surface area (Å²) in [5, 5.41) is 8.68. The number of benzene rings is 8. The minimum atomic E-state index is -0.697. The van der Waals surface area contributed by atoms with E-state index in [4.69, 9.17) is 9.47 Å². The van der Waals surface area contributed by atoms with Gasteiger partial charge in [-0.1, -0.05) is 98.1 Å². The maximum atomic E-state index is 12.3. The van der Waals surface area contributed by atoms with Gasteiger partial charge in [0, 0.05) is 11.1 Å². The lowest BCUT2D eigenvalue weighted by atomic mass is 9.66. The van der Waals surface area contributed by atoms with Crippen molar-refractivity contribution in [3.8, 4) is 22.6 Å². The van der Waals surface area contributed by atoms with Crippen LogP contribution in [0.3, 0.4) is 0 Å². The minimum Gasteiger partial charge on any atom is -0.423 e. The highest BCUT2D eigenvalue weighted by Gasteiger charge is 2.46. The molecule has 0 heterocycles. The van der Waals surface area contributed by atoms with Gasteiger partial charge in [-0.05, 0) is 151 Å². The van der Waals surface area contributed by atoms with Crippen molar-refractivity contribution in [2.45, 2.75) is 19.3 Å². The number of rotatable bonds is 6. The molecule has 0 aromatic heterocycles. The van der Waals surface area contributed by atoms with E-state index < -0.39 is 17.4 Å². The monoisotopic (exact) mass is 686 g/mol. The Morgan fingerprint density at radius 1 is 0.434 bits per heavy atom. The maximum Gasteiger partial charge on any atom is 0.338 e. The summed E-state index contributed by atoms with van der Waals surface area (Å²) in [5.74, 6) is 0.0579. The minimum absolute atomic E-state index is 0.348. The summed E-state index contributed by atoms with van der Waals surface area (Å²) >= 11 is 0. The third-order valence-corrected chi connectivity index (χ3v) is 10.5. The molecule has 1 aliphatic rings. The number of ether oxygens (including phenoxy) is 2. The van der Waals surface area contributed by atoms with Crippen LogP contribution in [0.2, 0.25) is 0 Å². The third kappa shape index (κ3) is 5.22. The lowest BCUT2D eigenvalue weighted by Crippen LogP contribution is -2.28. The fraction of sp³-hybridized carbons (Fsp3) is 0.0612. The van der Waals surface area contributed by atoms with Crippen LogP contribution < -0.4 is 9.47 Å². The lowest BCUT2D eigenvalue weighted by molar-refractivity contribution is -0.130. The molecule has 0 atom stereocenters. The highest BCUT2D eigenvalue weighted by Crippen LogP contribution is 2.58. The van der Waals surface area contributed by atoms with Gasteiger partial charge in [-0.3, -0.25) is 0 Å². The van der Waals surface area contributed by atoms with E-state index in [1.807, 2.05) is 36.4 Å². The average molecular weight is 687 g/mol. The highest BCUT2D eigenvalue weighted by atomic mass is 16.5. The first-order chi connectivity index (χ1) is 25.7. The average Bonchev–Trinajstić information content (AvgIpc) is 3.44. The Morgan fingerprint density at radius 3 is 1.17 bits per heavy atom. The molecule has 0 spiro atoms. The molecule has 0 fully saturated rings. The normalized spacial score (nSPS) is 12.8. The zero-order valence-electron chi connectivity index (χ0n) is 29.4. The first kappa shape index (κ1) is 32.1. The number of fused-ring (bicyclic) bond motifs is 7. The Balaban J connectivity index is 1.33. The lowest BCUT2D eigenvalue weighted by Gasteiger charge is -2.34. The van der Waals surface area contributed by atoms with Gasteiger partial charge in [-0.15, -0.1) is 0 Å². The fourth-order valence-corrected chi connectivity index (χ4v) is 7.91. The SMILES string of the molecule is C=C(C)C(=O)Oc1ccc2cc(C3(c4ccc5cc(OC(=O)C(=C)C)ccc5c4)c4cc5ccccc5cc4-c4cc5ccccc5cc43)ccc2c1. The number of esters is 2.